The first kappa shape index (κ1) is 24.5. The van der Waals surface area contributed by atoms with Crippen LogP contribution in [0.1, 0.15) is 31.2 Å². The lowest BCUT2D eigenvalue weighted by Crippen LogP contribution is -2.31. The number of anilines is 2. The molecule has 34 heavy (non-hydrogen) atoms. The number of alkyl halides is 3. The first-order valence-electron chi connectivity index (χ1n) is 11.3. The lowest BCUT2D eigenvalue weighted by molar-refractivity contribution is -0.274. The second-order valence-corrected chi connectivity index (χ2v) is 9.37. The van der Waals surface area contributed by atoms with Gasteiger partial charge in [-0.2, -0.15) is 4.98 Å². The van der Waals surface area contributed by atoms with Crippen LogP contribution in [0.5, 0.6) is 5.75 Å². The van der Waals surface area contributed by atoms with Crippen molar-refractivity contribution in [2.45, 2.75) is 44.6 Å². The van der Waals surface area contributed by atoms with Crippen LogP contribution >= 0.6 is 15.9 Å². The number of para-hydroxylation sites is 1. The molecule has 2 aromatic carbocycles. The van der Waals surface area contributed by atoms with E-state index in [0.29, 0.717) is 34.5 Å². The standard InChI is InChI=1S/C24H27BrF3N5O/c1-29-22-19-4-2-3-5-20(19)32-23(33-22)31-18-10-6-15(7-11-18)13-30-14-16-8-9-17(25)12-21(16)34-24(26,27)28/h2-5,8-9,12,15,18,30H,6-7,10-11,13-14H2,1H3,(H2,29,31,32,33)/t15-,18+. The van der Waals surface area contributed by atoms with E-state index < -0.39 is 6.36 Å². The van der Waals surface area contributed by atoms with Crippen LogP contribution < -0.4 is 20.7 Å². The number of ether oxygens (including phenoxy) is 1. The van der Waals surface area contributed by atoms with Crippen molar-refractivity contribution >= 4 is 38.6 Å². The van der Waals surface area contributed by atoms with Crippen LogP contribution in [0.3, 0.4) is 0 Å². The maximum atomic E-state index is 12.7. The van der Waals surface area contributed by atoms with Gasteiger partial charge in [-0.25, -0.2) is 4.98 Å². The molecule has 1 heterocycles. The minimum Gasteiger partial charge on any atom is -0.405 e. The summed E-state index contributed by atoms with van der Waals surface area (Å²) >= 11 is 3.20. The van der Waals surface area contributed by atoms with Crippen molar-refractivity contribution in [2.24, 2.45) is 5.92 Å². The molecule has 1 aliphatic rings. The van der Waals surface area contributed by atoms with E-state index in [1.54, 1.807) is 12.1 Å². The molecule has 0 radical (unpaired) electrons. The third kappa shape index (κ3) is 6.50. The summed E-state index contributed by atoms with van der Waals surface area (Å²) in [5.74, 6) is 1.70. The number of aromatic nitrogens is 2. The third-order valence-corrected chi connectivity index (χ3v) is 6.52. The number of halogens is 4. The van der Waals surface area contributed by atoms with E-state index in [9.17, 15) is 13.2 Å². The molecule has 3 N–H and O–H groups in total. The normalized spacial score (nSPS) is 18.6. The molecular formula is C24H27BrF3N5O. The molecule has 1 aromatic heterocycles. The van der Waals surface area contributed by atoms with E-state index in [0.717, 1.165) is 48.9 Å². The highest BCUT2D eigenvalue weighted by atomic mass is 79.9. The van der Waals surface area contributed by atoms with Crippen molar-refractivity contribution in [2.75, 3.05) is 24.2 Å². The van der Waals surface area contributed by atoms with Gasteiger partial charge in [0.1, 0.15) is 11.6 Å². The lowest BCUT2D eigenvalue weighted by Gasteiger charge is -2.29. The van der Waals surface area contributed by atoms with Crippen molar-refractivity contribution in [1.82, 2.24) is 15.3 Å². The minimum atomic E-state index is -4.72. The van der Waals surface area contributed by atoms with E-state index in [1.807, 2.05) is 31.3 Å². The molecule has 3 aromatic rings. The number of hydrogen-bond acceptors (Lipinski definition) is 6. The quantitative estimate of drug-likeness (QED) is 0.323. The van der Waals surface area contributed by atoms with E-state index in [2.05, 4.69) is 46.6 Å². The van der Waals surface area contributed by atoms with Crippen LogP contribution in [0.4, 0.5) is 24.9 Å². The van der Waals surface area contributed by atoms with Crippen LogP contribution in [-0.2, 0) is 6.54 Å². The van der Waals surface area contributed by atoms with Gasteiger partial charge in [0.15, 0.2) is 0 Å². The van der Waals surface area contributed by atoms with Gasteiger partial charge in [-0.15, -0.1) is 13.2 Å². The predicted molar refractivity (Wildman–Crippen MR) is 131 cm³/mol. The average Bonchev–Trinajstić information content (AvgIpc) is 2.80. The number of rotatable bonds is 8. The maximum absolute atomic E-state index is 12.7. The molecule has 1 saturated carbocycles. The highest BCUT2D eigenvalue weighted by Crippen LogP contribution is 2.30. The zero-order chi connectivity index (χ0) is 24.1. The van der Waals surface area contributed by atoms with Crippen molar-refractivity contribution < 1.29 is 17.9 Å². The van der Waals surface area contributed by atoms with Gasteiger partial charge in [0.05, 0.1) is 5.52 Å². The maximum Gasteiger partial charge on any atom is 0.573 e. The van der Waals surface area contributed by atoms with E-state index >= 15 is 0 Å². The van der Waals surface area contributed by atoms with Crippen molar-refractivity contribution in [1.29, 1.82) is 0 Å². The Kier molecular flexibility index (Phi) is 7.77. The van der Waals surface area contributed by atoms with Crippen LogP contribution in [-0.4, -0.2) is 36.0 Å². The zero-order valence-electron chi connectivity index (χ0n) is 18.8. The molecular weight excluding hydrogens is 511 g/mol. The highest BCUT2D eigenvalue weighted by molar-refractivity contribution is 9.10. The fraction of sp³-hybridized carbons (Fsp3) is 0.417. The Bertz CT molecular complexity index is 1120. The molecule has 0 atom stereocenters. The summed E-state index contributed by atoms with van der Waals surface area (Å²) in [5, 5.41) is 10.9. The fourth-order valence-electron chi connectivity index (χ4n) is 4.33. The Morgan fingerprint density at radius 1 is 1.06 bits per heavy atom. The first-order chi connectivity index (χ1) is 16.3. The third-order valence-electron chi connectivity index (χ3n) is 6.02. The summed E-state index contributed by atoms with van der Waals surface area (Å²) in [6.45, 7) is 1.05. The molecule has 0 bridgehead atoms. The summed E-state index contributed by atoms with van der Waals surface area (Å²) < 4.78 is 42.8. The first-order valence-corrected chi connectivity index (χ1v) is 12.1. The van der Waals surface area contributed by atoms with Crippen LogP contribution in [0.2, 0.25) is 0 Å². The van der Waals surface area contributed by atoms with Gasteiger partial charge in [0.25, 0.3) is 0 Å². The Labute approximate surface area is 204 Å². The number of nitrogens with zero attached hydrogens (tertiary/aromatic N) is 2. The van der Waals surface area contributed by atoms with Crippen molar-refractivity contribution in [3.8, 4) is 5.75 Å². The Hall–Kier alpha value is -2.59. The topological polar surface area (TPSA) is 71.1 Å². The predicted octanol–water partition coefficient (Wildman–Crippen LogP) is 6.09. The molecule has 10 heteroatoms. The Balaban J connectivity index is 1.27. The number of fused-ring (bicyclic) bond motifs is 1. The molecule has 6 nitrogen and oxygen atoms in total. The van der Waals surface area contributed by atoms with Gasteiger partial charge in [-0.3, -0.25) is 0 Å². The summed E-state index contributed by atoms with van der Waals surface area (Å²) in [7, 11) is 1.85. The van der Waals surface area contributed by atoms with Gasteiger partial charge in [0, 0.05) is 35.1 Å². The molecule has 0 saturated heterocycles. The van der Waals surface area contributed by atoms with Crippen molar-refractivity contribution in [3.63, 3.8) is 0 Å². The SMILES string of the molecule is CNc1nc(N[C@H]2CC[C@@H](CNCc3ccc(Br)cc3OC(F)(F)F)CC2)nc2ccccc12. The fourth-order valence-corrected chi connectivity index (χ4v) is 4.67. The number of nitrogens with one attached hydrogen (secondary N) is 3. The average molecular weight is 538 g/mol. The Morgan fingerprint density at radius 2 is 1.82 bits per heavy atom. The Morgan fingerprint density at radius 3 is 2.56 bits per heavy atom. The van der Waals surface area contributed by atoms with Crippen molar-refractivity contribution in [3.05, 3.63) is 52.5 Å². The molecule has 0 aliphatic heterocycles. The van der Waals surface area contributed by atoms with E-state index in [4.69, 9.17) is 0 Å². The van der Waals surface area contributed by atoms with Crippen LogP contribution in [0, 0.1) is 5.92 Å². The second kappa shape index (κ2) is 10.8. The van der Waals surface area contributed by atoms with Crippen LogP contribution in [0.25, 0.3) is 10.9 Å². The van der Waals surface area contributed by atoms with Gasteiger partial charge >= 0.3 is 6.36 Å². The molecule has 1 fully saturated rings. The minimum absolute atomic E-state index is 0.182. The second-order valence-electron chi connectivity index (χ2n) is 8.46. The molecule has 0 unspecified atom stereocenters. The monoisotopic (exact) mass is 537 g/mol. The molecule has 0 amide bonds. The largest absolute Gasteiger partial charge is 0.573 e. The van der Waals surface area contributed by atoms with Gasteiger partial charge in [0.2, 0.25) is 5.95 Å². The summed E-state index contributed by atoms with van der Waals surface area (Å²) in [6, 6.07) is 12.9. The highest BCUT2D eigenvalue weighted by Gasteiger charge is 2.32. The van der Waals surface area contributed by atoms with Gasteiger partial charge < -0.3 is 20.7 Å². The molecule has 0 spiro atoms. The molecule has 4 rings (SSSR count). The van der Waals surface area contributed by atoms with E-state index in [-0.39, 0.29) is 5.75 Å². The summed E-state index contributed by atoms with van der Waals surface area (Å²) in [4.78, 5) is 9.26. The summed E-state index contributed by atoms with van der Waals surface area (Å²) in [6.07, 6.45) is -0.716. The van der Waals surface area contributed by atoms with Crippen LogP contribution in [0.15, 0.2) is 46.9 Å². The van der Waals surface area contributed by atoms with E-state index in [1.165, 1.54) is 6.07 Å². The molecule has 1 aliphatic carbocycles. The summed E-state index contributed by atoms with van der Waals surface area (Å²) in [5.41, 5.74) is 1.37. The molecule has 182 valence electrons. The number of hydrogen-bond donors (Lipinski definition) is 3. The van der Waals surface area contributed by atoms with Gasteiger partial charge in [-0.1, -0.05) is 34.1 Å². The zero-order valence-corrected chi connectivity index (χ0v) is 20.3. The number of benzene rings is 2. The lowest BCUT2D eigenvalue weighted by atomic mass is 9.86. The smallest absolute Gasteiger partial charge is 0.405 e. The van der Waals surface area contributed by atoms with Gasteiger partial charge in [-0.05, 0) is 62.4 Å².